The molecule has 0 unspecified atom stereocenters. The van der Waals surface area contributed by atoms with Gasteiger partial charge in [0.2, 0.25) is 5.95 Å². The fourth-order valence-corrected chi connectivity index (χ4v) is 3.10. The van der Waals surface area contributed by atoms with E-state index in [1.54, 1.807) is 50.2 Å². The third-order valence-electron chi connectivity index (χ3n) is 4.71. The molecule has 0 spiro atoms. The topological polar surface area (TPSA) is 125 Å². The highest BCUT2D eigenvalue weighted by molar-refractivity contribution is 5.92. The van der Waals surface area contributed by atoms with Crippen LogP contribution < -0.4 is 20.1 Å². The molecule has 1 amide bonds. The van der Waals surface area contributed by atoms with Gasteiger partial charge in [0.25, 0.3) is 11.8 Å². The minimum absolute atomic E-state index is 0.281. The van der Waals surface area contributed by atoms with E-state index in [0.717, 1.165) is 11.1 Å². The smallest absolute Gasteiger partial charge is 0.270 e. The molecule has 0 aromatic carbocycles. The number of hydrogen-bond donors (Lipinski definition) is 2. The van der Waals surface area contributed by atoms with E-state index in [1.165, 1.54) is 0 Å². The Morgan fingerprint density at radius 1 is 1.06 bits per heavy atom. The van der Waals surface area contributed by atoms with Crippen LogP contribution in [0.2, 0.25) is 0 Å². The molecule has 0 saturated heterocycles. The minimum Gasteiger partial charge on any atom is -0.491 e. The van der Waals surface area contributed by atoms with Crippen molar-refractivity contribution in [1.82, 2.24) is 29.9 Å². The number of aromatic nitrogens is 5. The number of carbonyl (C=O) groups is 1. The number of anilines is 2. The Labute approximate surface area is 189 Å². The van der Waals surface area contributed by atoms with Crippen LogP contribution in [-0.2, 0) is 4.74 Å². The number of amides is 1. The molecule has 0 saturated carbocycles. The van der Waals surface area contributed by atoms with E-state index in [4.69, 9.17) is 14.2 Å². The Morgan fingerprint density at radius 3 is 2.73 bits per heavy atom. The normalized spacial score (nSPS) is 10.8. The van der Waals surface area contributed by atoms with Crippen molar-refractivity contribution in [3.05, 3.63) is 54.5 Å². The van der Waals surface area contributed by atoms with Crippen molar-refractivity contribution >= 4 is 23.3 Å². The van der Waals surface area contributed by atoms with E-state index >= 15 is 0 Å². The van der Waals surface area contributed by atoms with Gasteiger partial charge < -0.3 is 24.8 Å². The number of nitrogens with zero attached hydrogens (tertiary/aromatic N) is 5. The molecular formula is C22H23N7O4. The van der Waals surface area contributed by atoms with E-state index in [1.807, 2.05) is 24.4 Å². The number of methoxy groups -OCH3 is 3. The largest absolute Gasteiger partial charge is 0.491 e. The first-order valence-electron chi connectivity index (χ1n) is 10.1. The maximum Gasteiger partial charge on any atom is 0.270 e. The van der Waals surface area contributed by atoms with Crippen LogP contribution >= 0.6 is 0 Å². The summed E-state index contributed by atoms with van der Waals surface area (Å²) in [6.07, 6.45) is 3.54. The Bertz CT molecular complexity index is 1270. The molecular weight excluding hydrogens is 426 g/mol. The third-order valence-corrected chi connectivity index (χ3v) is 4.71. The van der Waals surface area contributed by atoms with Gasteiger partial charge in [-0.05, 0) is 30.3 Å². The molecule has 0 radical (unpaired) electrons. The van der Waals surface area contributed by atoms with Gasteiger partial charge in [0.15, 0.2) is 11.4 Å². The highest BCUT2D eigenvalue weighted by Gasteiger charge is 2.12. The summed E-state index contributed by atoms with van der Waals surface area (Å²) in [7, 11) is 4.68. The Balaban J connectivity index is 1.54. The molecule has 4 aromatic heterocycles. The van der Waals surface area contributed by atoms with Crippen molar-refractivity contribution in [2.24, 2.45) is 0 Å². The van der Waals surface area contributed by atoms with Gasteiger partial charge in [0.1, 0.15) is 11.5 Å². The van der Waals surface area contributed by atoms with Crippen LogP contribution in [0.25, 0.3) is 16.8 Å². The zero-order chi connectivity index (χ0) is 23.2. The van der Waals surface area contributed by atoms with E-state index in [9.17, 15) is 4.79 Å². The molecule has 11 nitrogen and oxygen atoms in total. The van der Waals surface area contributed by atoms with Crippen molar-refractivity contribution in [3.8, 4) is 22.8 Å². The second-order valence-electron chi connectivity index (χ2n) is 6.87. The molecule has 4 rings (SSSR count). The summed E-state index contributed by atoms with van der Waals surface area (Å²) in [5.41, 5.74) is 2.64. The number of pyridine rings is 3. The molecule has 33 heavy (non-hydrogen) atoms. The Kier molecular flexibility index (Phi) is 6.60. The van der Waals surface area contributed by atoms with Gasteiger partial charge in [0, 0.05) is 37.2 Å². The average molecular weight is 449 g/mol. The lowest BCUT2D eigenvalue weighted by molar-refractivity contribution is 0.0932. The van der Waals surface area contributed by atoms with Crippen molar-refractivity contribution in [3.63, 3.8) is 0 Å². The van der Waals surface area contributed by atoms with Crippen LogP contribution in [0.1, 0.15) is 10.5 Å². The van der Waals surface area contributed by atoms with Crippen molar-refractivity contribution < 1.29 is 19.0 Å². The number of nitrogens with one attached hydrogen (secondary N) is 2. The third kappa shape index (κ3) is 4.99. The molecule has 0 bridgehead atoms. The summed E-state index contributed by atoms with van der Waals surface area (Å²) in [6.45, 7) is 0.830. The lowest BCUT2D eigenvalue weighted by atomic mass is 10.1. The van der Waals surface area contributed by atoms with Crippen LogP contribution in [0.15, 0.2) is 48.8 Å². The second-order valence-corrected chi connectivity index (χ2v) is 6.87. The maximum atomic E-state index is 12.2. The standard InChI is InChI=1S/C22H23N7O4/c1-31-10-9-23-20(30)16-5-4-6-18(25-16)26-22-27-19-8-7-14(13-29(19)28-22)15-11-17(32-2)21(33-3)24-12-15/h4-8,11-13H,9-10H2,1-3H3,(H,23,30)(H,25,26,28). The molecule has 0 aliphatic carbocycles. The van der Waals surface area contributed by atoms with Crippen LogP contribution in [0.5, 0.6) is 11.6 Å². The lowest BCUT2D eigenvalue weighted by Gasteiger charge is -2.08. The van der Waals surface area contributed by atoms with E-state index < -0.39 is 0 Å². The number of fused-ring (bicyclic) bond motifs is 1. The molecule has 2 N–H and O–H groups in total. The molecule has 170 valence electrons. The maximum absolute atomic E-state index is 12.2. The molecule has 4 aromatic rings. The number of carbonyl (C=O) groups excluding carboxylic acids is 1. The molecule has 0 aliphatic heterocycles. The van der Waals surface area contributed by atoms with E-state index in [-0.39, 0.29) is 11.6 Å². The minimum atomic E-state index is -0.285. The summed E-state index contributed by atoms with van der Waals surface area (Å²) in [6, 6.07) is 10.7. The number of rotatable bonds is 9. The zero-order valence-electron chi connectivity index (χ0n) is 18.4. The summed E-state index contributed by atoms with van der Waals surface area (Å²) in [5.74, 6) is 1.47. The highest BCUT2D eigenvalue weighted by atomic mass is 16.5. The van der Waals surface area contributed by atoms with Crippen molar-refractivity contribution in [2.45, 2.75) is 0 Å². The number of ether oxygens (including phenoxy) is 3. The van der Waals surface area contributed by atoms with Crippen LogP contribution in [0.3, 0.4) is 0 Å². The average Bonchev–Trinajstić information content (AvgIpc) is 3.25. The SMILES string of the molecule is COCCNC(=O)c1cccc(Nc2nc3ccc(-c4cnc(OC)c(OC)c4)cn3n2)n1. The highest BCUT2D eigenvalue weighted by Crippen LogP contribution is 2.30. The van der Waals surface area contributed by atoms with Gasteiger partial charge in [-0.3, -0.25) is 4.79 Å². The van der Waals surface area contributed by atoms with Gasteiger partial charge in [-0.2, -0.15) is 4.98 Å². The van der Waals surface area contributed by atoms with Gasteiger partial charge in [-0.1, -0.05) is 6.07 Å². The molecule has 11 heteroatoms. The van der Waals surface area contributed by atoms with Gasteiger partial charge in [0.05, 0.1) is 20.8 Å². The summed E-state index contributed by atoms with van der Waals surface area (Å²) in [5, 5.41) is 10.2. The predicted octanol–water partition coefficient (Wildman–Crippen LogP) is 2.32. The molecule has 0 fully saturated rings. The van der Waals surface area contributed by atoms with Gasteiger partial charge >= 0.3 is 0 Å². The van der Waals surface area contributed by atoms with Crippen molar-refractivity contribution in [1.29, 1.82) is 0 Å². The summed E-state index contributed by atoms with van der Waals surface area (Å²) < 4.78 is 17.1. The van der Waals surface area contributed by atoms with Crippen LogP contribution in [0, 0.1) is 0 Å². The van der Waals surface area contributed by atoms with E-state index in [2.05, 4.69) is 30.7 Å². The summed E-state index contributed by atoms with van der Waals surface area (Å²) >= 11 is 0. The Hall–Kier alpha value is -4.25. The molecule has 0 atom stereocenters. The molecule has 0 aliphatic rings. The van der Waals surface area contributed by atoms with E-state index in [0.29, 0.717) is 42.2 Å². The zero-order valence-corrected chi connectivity index (χ0v) is 18.4. The molecule has 4 heterocycles. The number of hydrogen-bond acceptors (Lipinski definition) is 9. The first-order valence-corrected chi connectivity index (χ1v) is 10.1. The van der Waals surface area contributed by atoms with Crippen LogP contribution in [0.4, 0.5) is 11.8 Å². The van der Waals surface area contributed by atoms with Gasteiger partial charge in [-0.25, -0.2) is 14.5 Å². The first-order chi connectivity index (χ1) is 16.1. The monoisotopic (exact) mass is 449 g/mol. The second kappa shape index (κ2) is 9.92. The summed E-state index contributed by atoms with van der Waals surface area (Å²) in [4.78, 5) is 25.3. The predicted molar refractivity (Wildman–Crippen MR) is 121 cm³/mol. The lowest BCUT2D eigenvalue weighted by Crippen LogP contribution is -2.27. The quantitative estimate of drug-likeness (QED) is 0.370. The fourth-order valence-electron chi connectivity index (χ4n) is 3.10. The van der Waals surface area contributed by atoms with Crippen LogP contribution in [-0.4, -0.2) is 65.0 Å². The van der Waals surface area contributed by atoms with Crippen molar-refractivity contribution in [2.75, 3.05) is 39.8 Å². The Morgan fingerprint density at radius 2 is 1.94 bits per heavy atom. The first kappa shape index (κ1) is 22.0. The van der Waals surface area contributed by atoms with Gasteiger partial charge in [-0.15, -0.1) is 5.10 Å². The fraction of sp³-hybridized carbons (Fsp3) is 0.227.